The van der Waals surface area contributed by atoms with Crippen molar-refractivity contribution in [1.29, 1.82) is 0 Å². The van der Waals surface area contributed by atoms with E-state index >= 15 is 0 Å². The number of aromatic hydroxyl groups is 2. The lowest BCUT2D eigenvalue weighted by molar-refractivity contribution is 0.399. The molecule has 0 saturated heterocycles. The van der Waals surface area contributed by atoms with E-state index in [1.165, 1.54) is 11.6 Å². The molecule has 0 aliphatic heterocycles. The minimum absolute atomic E-state index is 0.00145. The fourth-order valence-corrected chi connectivity index (χ4v) is 1.70. The van der Waals surface area contributed by atoms with Gasteiger partial charge in [-0.1, -0.05) is 42.5 Å². The smallest absolute Gasteiger partial charge is 0.160 e. The first-order valence-electron chi connectivity index (χ1n) is 5.31. The van der Waals surface area contributed by atoms with Gasteiger partial charge in [0.2, 0.25) is 0 Å². The Labute approximate surface area is 94.8 Å². The van der Waals surface area contributed by atoms with Crippen molar-refractivity contribution in [1.82, 2.24) is 0 Å². The molecular formula is C14H14O2. The summed E-state index contributed by atoms with van der Waals surface area (Å²) < 4.78 is 0. The molecule has 16 heavy (non-hydrogen) atoms. The molecule has 2 nitrogen and oxygen atoms in total. The maximum absolute atomic E-state index is 9.63. The molecule has 82 valence electrons. The lowest BCUT2D eigenvalue weighted by atomic mass is 10.0. The molecule has 0 radical (unpaired) electrons. The van der Waals surface area contributed by atoms with Gasteiger partial charge in [-0.3, -0.25) is 0 Å². The van der Waals surface area contributed by atoms with Gasteiger partial charge in [0, 0.05) is 0 Å². The summed E-state index contributed by atoms with van der Waals surface area (Å²) in [6.07, 6.45) is 1.59. The van der Waals surface area contributed by atoms with E-state index in [0.717, 1.165) is 18.4 Å². The van der Waals surface area contributed by atoms with Crippen LogP contribution in [0.2, 0.25) is 0 Å². The van der Waals surface area contributed by atoms with E-state index in [2.05, 4.69) is 12.1 Å². The van der Waals surface area contributed by atoms with Gasteiger partial charge in [-0.2, -0.15) is 0 Å². The van der Waals surface area contributed by atoms with Crippen molar-refractivity contribution in [3.05, 3.63) is 59.7 Å². The molecule has 0 fully saturated rings. The first kappa shape index (κ1) is 10.6. The third kappa shape index (κ3) is 2.34. The second-order valence-corrected chi connectivity index (χ2v) is 3.77. The molecule has 0 unspecified atom stereocenters. The highest BCUT2D eigenvalue weighted by Gasteiger charge is 2.05. The molecule has 0 atom stereocenters. The fourth-order valence-electron chi connectivity index (χ4n) is 1.70. The molecule has 0 amide bonds. The molecule has 0 bridgehead atoms. The Morgan fingerprint density at radius 3 is 2.25 bits per heavy atom. The average Bonchev–Trinajstić information content (AvgIpc) is 2.32. The van der Waals surface area contributed by atoms with Gasteiger partial charge in [0.15, 0.2) is 11.5 Å². The fraction of sp³-hybridized carbons (Fsp3) is 0.143. The zero-order valence-electron chi connectivity index (χ0n) is 8.93. The second kappa shape index (κ2) is 4.71. The summed E-state index contributed by atoms with van der Waals surface area (Å²) in [5.41, 5.74) is 2.01. The molecule has 0 aromatic heterocycles. The summed E-state index contributed by atoms with van der Waals surface area (Å²) >= 11 is 0. The van der Waals surface area contributed by atoms with E-state index in [4.69, 9.17) is 0 Å². The minimum atomic E-state index is -0.0504. The van der Waals surface area contributed by atoms with Crippen molar-refractivity contribution < 1.29 is 10.2 Å². The van der Waals surface area contributed by atoms with Crippen LogP contribution in [0.1, 0.15) is 11.1 Å². The van der Waals surface area contributed by atoms with E-state index in [0.29, 0.717) is 0 Å². The molecule has 0 saturated carbocycles. The van der Waals surface area contributed by atoms with Crippen LogP contribution < -0.4 is 0 Å². The van der Waals surface area contributed by atoms with E-state index in [9.17, 15) is 10.2 Å². The van der Waals surface area contributed by atoms with Crippen LogP contribution in [0, 0.1) is 0 Å². The summed E-state index contributed by atoms with van der Waals surface area (Å²) in [6, 6.07) is 15.2. The normalized spacial score (nSPS) is 10.2. The molecule has 2 N–H and O–H groups in total. The van der Waals surface area contributed by atoms with Gasteiger partial charge in [0.1, 0.15) is 0 Å². The van der Waals surface area contributed by atoms with Crippen molar-refractivity contribution in [3.8, 4) is 11.5 Å². The number of hydrogen-bond acceptors (Lipinski definition) is 2. The van der Waals surface area contributed by atoms with Gasteiger partial charge in [-0.25, -0.2) is 0 Å². The van der Waals surface area contributed by atoms with E-state index in [1.807, 2.05) is 24.3 Å². The van der Waals surface area contributed by atoms with Gasteiger partial charge in [0.05, 0.1) is 0 Å². The molecular weight excluding hydrogens is 200 g/mol. The Hall–Kier alpha value is -1.96. The van der Waals surface area contributed by atoms with Gasteiger partial charge < -0.3 is 10.2 Å². The van der Waals surface area contributed by atoms with Crippen molar-refractivity contribution >= 4 is 0 Å². The van der Waals surface area contributed by atoms with Crippen LogP contribution in [0.15, 0.2) is 48.5 Å². The number of phenols is 2. The van der Waals surface area contributed by atoms with Crippen LogP contribution in [0.4, 0.5) is 0 Å². The first-order chi connectivity index (χ1) is 7.77. The summed E-state index contributed by atoms with van der Waals surface area (Å²) in [6.45, 7) is 0. The predicted octanol–water partition coefficient (Wildman–Crippen LogP) is 2.88. The highest BCUT2D eigenvalue weighted by molar-refractivity contribution is 5.44. The lowest BCUT2D eigenvalue weighted by Crippen LogP contribution is -1.91. The van der Waals surface area contributed by atoms with Gasteiger partial charge in [0.25, 0.3) is 0 Å². The Bertz CT molecular complexity index is 463. The molecule has 2 heteroatoms. The van der Waals surface area contributed by atoms with Crippen molar-refractivity contribution in [2.75, 3.05) is 0 Å². The van der Waals surface area contributed by atoms with Gasteiger partial charge >= 0.3 is 0 Å². The summed E-state index contributed by atoms with van der Waals surface area (Å²) in [5.74, 6) is -0.0519. The number of para-hydroxylation sites is 1. The maximum Gasteiger partial charge on any atom is 0.160 e. The van der Waals surface area contributed by atoms with Gasteiger partial charge in [-0.15, -0.1) is 0 Å². The van der Waals surface area contributed by atoms with Crippen molar-refractivity contribution in [2.24, 2.45) is 0 Å². The van der Waals surface area contributed by atoms with Crippen LogP contribution in [0.3, 0.4) is 0 Å². The predicted molar refractivity (Wildman–Crippen MR) is 63.6 cm³/mol. The third-order valence-corrected chi connectivity index (χ3v) is 2.62. The third-order valence-electron chi connectivity index (χ3n) is 2.62. The Morgan fingerprint density at radius 1 is 0.750 bits per heavy atom. The molecule has 2 aromatic rings. The van der Waals surface area contributed by atoms with Crippen molar-refractivity contribution in [2.45, 2.75) is 12.8 Å². The SMILES string of the molecule is Oc1cccc(CCc2ccccc2)c1O. The molecule has 2 rings (SSSR count). The van der Waals surface area contributed by atoms with Crippen LogP contribution >= 0.6 is 0 Å². The molecule has 0 aliphatic rings. The van der Waals surface area contributed by atoms with Crippen LogP contribution in [-0.4, -0.2) is 10.2 Å². The number of aryl methyl sites for hydroxylation is 2. The minimum Gasteiger partial charge on any atom is -0.504 e. The molecule has 2 aromatic carbocycles. The zero-order valence-corrected chi connectivity index (χ0v) is 8.93. The Kier molecular flexibility index (Phi) is 3.10. The highest BCUT2D eigenvalue weighted by atomic mass is 16.3. The van der Waals surface area contributed by atoms with Crippen LogP contribution in [0.5, 0.6) is 11.5 Å². The number of rotatable bonds is 3. The molecule has 0 heterocycles. The largest absolute Gasteiger partial charge is 0.504 e. The Balaban J connectivity index is 2.08. The van der Waals surface area contributed by atoms with E-state index in [-0.39, 0.29) is 11.5 Å². The van der Waals surface area contributed by atoms with Crippen LogP contribution in [0.25, 0.3) is 0 Å². The maximum atomic E-state index is 9.63. The summed E-state index contributed by atoms with van der Waals surface area (Å²) in [4.78, 5) is 0. The summed E-state index contributed by atoms with van der Waals surface area (Å²) in [7, 11) is 0. The topological polar surface area (TPSA) is 40.5 Å². The van der Waals surface area contributed by atoms with Crippen LogP contribution in [-0.2, 0) is 12.8 Å². The molecule has 0 spiro atoms. The summed E-state index contributed by atoms with van der Waals surface area (Å²) in [5, 5.41) is 19.0. The monoisotopic (exact) mass is 214 g/mol. The number of hydrogen-bond donors (Lipinski definition) is 2. The van der Waals surface area contributed by atoms with E-state index in [1.54, 1.807) is 6.07 Å². The van der Waals surface area contributed by atoms with E-state index < -0.39 is 0 Å². The highest BCUT2D eigenvalue weighted by Crippen LogP contribution is 2.28. The average molecular weight is 214 g/mol. The van der Waals surface area contributed by atoms with Gasteiger partial charge in [-0.05, 0) is 30.0 Å². The second-order valence-electron chi connectivity index (χ2n) is 3.77. The lowest BCUT2D eigenvalue weighted by Gasteiger charge is -2.05. The number of phenolic OH excluding ortho intramolecular Hbond substituents is 2. The first-order valence-corrected chi connectivity index (χ1v) is 5.31. The quantitative estimate of drug-likeness (QED) is 0.771. The molecule has 0 aliphatic carbocycles. The zero-order chi connectivity index (χ0) is 11.4. The number of benzene rings is 2. The Morgan fingerprint density at radius 2 is 1.50 bits per heavy atom. The van der Waals surface area contributed by atoms with Crippen molar-refractivity contribution in [3.63, 3.8) is 0 Å². The standard InChI is InChI=1S/C14H14O2/c15-13-8-4-7-12(14(13)16)10-9-11-5-2-1-3-6-11/h1-8,15-16H,9-10H2.